The number of nitrogens with zero attached hydrogens (tertiary/aromatic N) is 1. The van der Waals surface area contributed by atoms with Crippen molar-refractivity contribution in [1.82, 2.24) is 10.2 Å². The van der Waals surface area contributed by atoms with Crippen LogP contribution in [0.1, 0.15) is 5.56 Å². The van der Waals surface area contributed by atoms with E-state index in [9.17, 15) is 0 Å². The minimum absolute atomic E-state index is 0.320. The number of hydrogen-bond acceptors (Lipinski definition) is 5. The number of fused-ring (bicyclic) bond motifs is 1. The lowest BCUT2D eigenvalue weighted by Crippen LogP contribution is -2.50. The molecule has 2 saturated heterocycles. The molecule has 2 fully saturated rings. The van der Waals surface area contributed by atoms with Gasteiger partial charge in [-0.25, -0.2) is 0 Å². The zero-order valence-corrected chi connectivity index (χ0v) is 12.1. The van der Waals surface area contributed by atoms with Crippen LogP contribution in [0.25, 0.3) is 0 Å². The molecule has 3 rings (SSSR count). The van der Waals surface area contributed by atoms with E-state index in [1.807, 2.05) is 12.1 Å². The van der Waals surface area contributed by atoms with Crippen molar-refractivity contribution in [2.75, 3.05) is 40.5 Å². The van der Waals surface area contributed by atoms with E-state index in [1.165, 1.54) is 5.56 Å². The van der Waals surface area contributed by atoms with Gasteiger partial charge in [0.15, 0.2) is 11.5 Å². The first-order valence-corrected chi connectivity index (χ1v) is 7.09. The molecule has 2 atom stereocenters. The van der Waals surface area contributed by atoms with Gasteiger partial charge in [0.25, 0.3) is 0 Å². The zero-order chi connectivity index (χ0) is 13.9. The number of morpholine rings is 1. The molecule has 2 aliphatic rings. The normalized spacial score (nSPS) is 26.3. The van der Waals surface area contributed by atoms with E-state index >= 15 is 0 Å². The summed E-state index contributed by atoms with van der Waals surface area (Å²) in [6.07, 6.45) is 0.320. The molecule has 0 amide bonds. The van der Waals surface area contributed by atoms with Crippen LogP contribution in [0.4, 0.5) is 0 Å². The second kappa shape index (κ2) is 5.99. The maximum Gasteiger partial charge on any atom is 0.165 e. The molecule has 5 heteroatoms. The van der Waals surface area contributed by atoms with Crippen LogP contribution in [-0.2, 0) is 11.3 Å². The standard InChI is InChI=1S/C15H22N2O3/c1-18-13-5-3-4-11(15(13)19-2)10-17-6-7-20-14-9-16-8-12(14)17/h3-5,12,14,16H,6-10H2,1-2H3/t12-,14+/m1/s1. The largest absolute Gasteiger partial charge is 0.493 e. The van der Waals surface area contributed by atoms with Gasteiger partial charge in [0.2, 0.25) is 0 Å². The van der Waals surface area contributed by atoms with Crippen LogP contribution >= 0.6 is 0 Å². The van der Waals surface area contributed by atoms with Gasteiger partial charge in [0.1, 0.15) is 0 Å². The Labute approximate surface area is 119 Å². The van der Waals surface area contributed by atoms with Gasteiger partial charge in [-0.3, -0.25) is 4.90 Å². The molecule has 0 bridgehead atoms. The molecule has 0 saturated carbocycles. The molecule has 5 nitrogen and oxygen atoms in total. The molecule has 0 radical (unpaired) electrons. The van der Waals surface area contributed by atoms with Crippen molar-refractivity contribution >= 4 is 0 Å². The van der Waals surface area contributed by atoms with Crippen LogP contribution in [0, 0.1) is 0 Å². The van der Waals surface area contributed by atoms with Gasteiger partial charge in [-0.05, 0) is 6.07 Å². The summed E-state index contributed by atoms with van der Waals surface area (Å²) in [6.45, 7) is 4.58. The van der Waals surface area contributed by atoms with Crippen molar-refractivity contribution in [2.24, 2.45) is 0 Å². The quantitative estimate of drug-likeness (QED) is 0.885. The predicted molar refractivity (Wildman–Crippen MR) is 76.4 cm³/mol. The van der Waals surface area contributed by atoms with E-state index in [4.69, 9.17) is 14.2 Å². The Morgan fingerprint density at radius 1 is 1.30 bits per heavy atom. The Morgan fingerprint density at radius 2 is 2.20 bits per heavy atom. The van der Waals surface area contributed by atoms with Crippen LogP contribution in [0.5, 0.6) is 11.5 Å². The van der Waals surface area contributed by atoms with E-state index in [0.717, 1.165) is 44.3 Å². The molecule has 1 N–H and O–H groups in total. The maximum absolute atomic E-state index is 5.81. The summed E-state index contributed by atoms with van der Waals surface area (Å²) in [6, 6.07) is 6.51. The van der Waals surface area contributed by atoms with Gasteiger partial charge in [-0.2, -0.15) is 0 Å². The summed E-state index contributed by atoms with van der Waals surface area (Å²) in [7, 11) is 3.37. The molecular weight excluding hydrogens is 256 g/mol. The first-order chi connectivity index (χ1) is 9.83. The highest BCUT2D eigenvalue weighted by Crippen LogP contribution is 2.32. The van der Waals surface area contributed by atoms with Gasteiger partial charge in [0, 0.05) is 37.8 Å². The zero-order valence-electron chi connectivity index (χ0n) is 12.1. The summed E-state index contributed by atoms with van der Waals surface area (Å²) in [4.78, 5) is 2.48. The summed E-state index contributed by atoms with van der Waals surface area (Å²) in [5.41, 5.74) is 1.17. The summed E-state index contributed by atoms with van der Waals surface area (Å²) in [5, 5.41) is 3.41. The molecule has 2 heterocycles. The van der Waals surface area contributed by atoms with Crippen molar-refractivity contribution in [2.45, 2.75) is 18.7 Å². The summed E-state index contributed by atoms with van der Waals surface area (Å²) in [5.74, 6) is 1.63. The van der Waals surface area contributed by atoms with Crippen LogP contribution in [-0.4, -0.2) is 57.5 Å². The molecule has 0 unspecified atom stereocenters. The highest BCUT2D eigenvalue weighted by atomic mass is 16.5. The van der Waals surface area contributed by atoms with Crippen molar-refractivity contribution in [1.29, 1.82) is 0 Å². The van der Waals surface area contributed by atoms with Crippen molar-refractivity contribution in [3.63, 3.8) is 0 Å². The molecular formula is C15H22N2O3. The first kappa shape index (κ1) is 13.7. The second-order valence-corrected chi connectivity index (χ2v) is 5.26. The first-order valence-electron chi connectivity index (χ1n) is 7.09. The maximum atomic E-state index is 5.81. The molecule has 0 aromatic heterocycles. The van der Waals surface area contributed by atoms with E-state index in [1.54, 1.807) is 14.2 Å². The van der Waals surface area contributed by atoms with Gasteiger partial charge < -0.3 is 19.5 Å². The van der Waals surface area contributed by atoms with Gasteiger partial charge in [0.05, 0.1) is 26.9 Å². The third-order valence-corrected chi connectivity index (χ3v) is 4.17. The Kier molecular flexibility index (Phi) is 4.10. The van der Waals surface area contributed by atoms with Gasteiger partial charge >= 0.3 is 0 Å². The third kappa shape index (κ3) is 2.49. The molecule has 2 aliphatic heterocycles. The number of nitrogens with one attached hydrogen (secondary N) is 1. The SMILES string of the molecule is COc1cccc(CN2CCO[C@H]3CNC[C@H]32)c1OC. The van der Waals surface area contributed by atoms with Crippen LogP contribution < -0.4 is 14.8 Å². The summed E-state index contributed by atoms with van der Waals surface area (Å²) < 4.78 is 16.7. The van der Waals surface area contributed by atoms with Crippen molar-refractivity contribution < 1.29 is 14.2 Å². The van der Waals surface area contributed by atoms with Crippen molar-refractivity contribution in [3.8, 4) is 11.5 Å². The number of methoxy groups -OCH3 is 2. The Bertz CT molecular complexity index is 466. The van der Waals surface area contributed by atoms with Crippen LogP contribution in [0.2, 0.25) is 0 Å². The van der Waals surface area contributed by atoms with Crippen molar-refractivity contribution in [3.05, 3.63) is 23.8 Å². The Morgan fingerprint density at radius 3 is 3.00 bits per heavy atom. The topological polar surface area (TPSA) is 43.0 Å². The number of rotatable bonds is 4. The minimum atomic E-state index is 0.320. The third-order valence-electron chi connectivity index (χ3n) is 4.17. The molecule has 20 heavy (non-hydrogen) atoms. The average molecular weight is 278 g/mol. The van der Waals surface area contributed by atoms with E-state index in [-0.39, 0.29) is 0 Å². The monoisotopic (exact) mass is 278 g/mol. The lowest BCUT2D eigenvalue weighted by molar-refractivity contribution is -0.0502. The molecule has 0 aliphatic carbocycles. The van der Waals surface area contributed by atoms with E-state index in [0.29, 0.717) is 12.1 Å². The lowest BCUT2D eigenvalue weighted by atomic mass is 10.1. The van der Waals surface area contributed by atoms with Crippen LogP contribution in [0.15, 0.2) is 18.2 Å². The smallest absolute Gasteiger partial charge is 0.165 e. The fraction of sp³-hybridized carbons (Fsp3) is 0.600. The van der Waals surface area contributed by atoms with Gasteiger partial charge in [-0.1, -0.05) is 12.1 Å². The van der Waals surface area contributed by atoms with E-state index < -0.39 is 0 Å². The molecule has 1 aromatic rings. The number of para-hydroxylation sites is 1. The molecule has 0 spiro atoms. The highest BCUT2D eigenvalue weighted by molar-refractivity contribution is 5.46. The number of hydrogen-bond donors (Lipinski definition) is 1. The van der Waals surface area contributed by atoms with Gasteiger partial charge in [-0.15, -0.1) is 0 Å². The Balaban J connectivity index is 1.80. The predicted octanol–water partition coefficient (Wildman–Crippen LogP) is 0.876. The average Bonchev–Trinajstić information content (AvgIpc) is 2.96. The molecule has 1 aromatic carbocycles. The lowest BCUT2D eigenvalue weighted by Gasteiger charge is -2.37. The fourth-order valence-corrected chi connectivity index (χ4v) is 3.16. The summed E-state index contributed by atoms with van der Waals surface area (Å²) >= 11 is 0. The number of ether oxygens (including phenoxy) is 3. The highest BCUT2D eigenvalue weighted by Gasteiger charge is 2.36. The second-order valence-electron chi connectivity index (χ2n) is 5.26. The fourth-order valence-electron chi connectivity index (χ4n) is 3.16. The number of benzene rings is 1. The minimum Gasteiger partial charge on any atom is -0.493 e. The molecule has 110 valence electrons. The van der Waals surface area contributed by atoms with E-state index in [2.05, 4.69) is 16.3 Å². The Hall–Kier alpha value is -1.30. The van der Waals surface area contributed by atoms with Crippen LogP contribution in [0.3, 0.4) is 0 Å².